The maximum Gasteiger partial charge on any atom is 0.343 e. The maximum atomic E-state index is 13.1. The molecule has 0 amide bonds. The van der Waals surface area contributed by atoms with Gasteiger partial charge >= 0.3 is 5.97 Å². The normalized spacial score (nSPS) is 10.2. The molecule has 1 aromatic carbocycles. The van der Waals surface area contributed by atoms with Crippen molar-refractivity contribution in [3.63, 3.8) is 0 Å². The van der Waals surface area contributed by atoms with Crippen LogP contribution in [-0.4, -0.2) is 17.7 Å². The van der Waals surface area contributed by atoms with E-state index in [4.69, 9.17) is 9.26 Å². The van der Waals surface area contributed by atoms with Crippen LogP contribution >= 0.6 is 0 Å². The van der Waals surface area contributed by atoms with E-state index in [1.165, 1.54) is 24.4 Å². The summed E-state index contributed by atoms with van der Waals surface area (Å²) in [5, 5.41) is 3.53. The van der Waals surface area contributed by atoms with Crippen molar-refractivity contribution >= 4 is 5.97 Å². The molecular formula is C12H10FNO3. The lowest BCUT2D eigenvalue weighted by Gasteiger charge is -2.01. The minimum Gasteiger partial charge on any atom is -0.462 e. The molecule has 0 aliphatic heterocycles. The molecule has 2 rings (SSSR count). The summed E-state index contributed by atoms with van der Waals surface area (Å²) in [6.45, 7) is 1.96. The van der Waals surface area contributed by atoms with Crippen LogP contribution in [0.25, 0.3) is 11.3 Å². The number of carbonyl (C=O) groups is 1. The Kier molecular flexibility index (Phi) is 3.18. The van der Waals surface area contributed by atoms with E-state index in [9.17, 15) is 9.18 Å². The number of benzene rings is 1. The standard InChI is InChI=1S/C12H10FNO3/c1-2-16-12(15)10-7-14-17-11(10)8-4-3-5-9(13)6-8/h3-7H,2H2,1H3. The highest BCUT2D eigenvalue weighted by Gasteiger charge is 2.18. The van der Waals surface area contributed by atoms with Crippen molar-refractivity contribution in [1.82, 2.24) is 5.16 Å². The van der Waals surface area contributed by atoms with Crippen LogP contribution in [0.2, 0.25) is 0 Å². The fourth-order valence-electron chi connectivity index (χ4n) is 1.43. The molecule has 4 nitrogen and oxygen atoms in total. The second-order valence-electron chi connectivity index (χ2n) is 3.30. The first-order valence-corrected chi connectivity index (χ1v) is 5.10. The van der Waals surface area contributed by atoms with Crippen LogP contribution in [0, 0.1) is 5.82 Å². The molecule has 0 atom stereocenters. The van der Waals surface area contributed by atoms with Gasteiger partial charge < -0.3 is 9.26 Å². The molecule has 0 aliphatic carbocycles. The predicted molar refractivity (Wildman–Crippen MR) is 57.9 cm³/mol. The molecule has 0 saturated carbocycles. The van der Waals surface area contributed by atoms with Gasteiger partial charge in [0.1, 0.15) is 11.4 Å². The highest BCUT2D eigenvalue weighted by molar-refractivity contribution is 5.95. The number of halogens is 1. The van der Waals surface area contributed by atoms with Crippen molar-refractivity contribution in [2.45, 2.75) is 6.92 Å². The highest BCUT2D eigenvalue weighted by atomic mass is 19.1. The first-order valence-electron chi connectivity index (χ1n) is 5.10. The van der Waals surface area contributed by atoms with E-state index in [1.54, 1.807) is 13.0 Å². The Morgan fingerprint density at radius 1 is 1.53 bits per heavy atom. The summed E-state index contributed by atoms with van der Waals surface area (Å²) in [6, 6.07) is 5.74. The maximum absolute atomic E-state index is 13.1. The van der Waals surface area contributed by atoms with E-state index in [1.807, 2.05) is 0 Å². The number of nitrogens with zero attached hydrogens (tertiary/aromatic N) is 1. The van der Waals surface area contributed by atoms with Crippen LogP contribution in [0.4, 0.5) is 4.39 Å². The van der Waals surface area contributed by atoms with Crippen LogP contribution in [0.3, 0.4) is 0 Å². The molecule has 0 fully saturated rings. The van der Waals surface area contributed by atoms with E-state index >= 15 is 0 Å². The van der Waals surface area contributed by atoms with Crippen molar-refractivity contribution < 1.29 is 18.4 Å². The number of ether oxygens (including phenoxy) is 1. The summed E-state index contributed by atoms with van der Waals surface area (Å²) in [7, 11) is 0. The fraction of sp³-hybridized carbons (Fsp3) is 0.167. The zero-order chi connectivity index (χ0) is 12.3. The van der Waals surface area contributed by atoms with Gasteiger partial charge in [-0.25, -0.2) is 9.18 Å². The van der Waals surface area contributed by atoms with Gasteiger partial charge in [0.25, 0.3) is 0 Å². The van der Waals surface area contributed by atoms with Gasteiger partial charge in [0, 0.05) is 5.56 Å². The third-order valence-electron chi connectivity index (χ3n) is 2.15. The molecule has 1 heterocycles. The second kappa shape index (κ2) is 4.78. The van der Waals surface area contributed by atoms with Gasteiger partial charge in [0.05, 0.1) is 12.8 Å². The van der Waals surface area contributed by atoms with E-state index in [0.717, 1.165) is 0 Å². The lowest BCUT2D eigenvalue weighted by molar-refractivity contribution is 0.0526. The van der Waals surface area contributed by atoms with E-state index < -0.39 is 11.8 Å². The summed E-state index contributed by atoms with van der Waals surface area (Å²) >= 11 is 0. The van der Waals surface area contributed by atoms with Crippen LogP contribution in [-0.2, 0) is 4.74 Å². The van der Waals surface area contributed by atoms with Crippen molar-refractivity contribution in [2.75, 3.05) is 6.61 Å². The van der Waals surface area contributed by atoms with Gasteiger partial charge in [-0.05, 0) is 19.1 Å². The number of rotatable bonds is 3. The lowest BCUT2D eigenvalue weighted by Crippen LogP contribution is -2.04. The number of carbonyl (C=O) groups excluding carboxylic acids is 1. The van der Waals surface area contributed by atoms with Gasteiger partial charge in [-0.2, -0.15) is 0 Å². The van der Waals surface area contributed by atoms with Gasteiger partial charge in [0.15, 0.2) is 5.76 Å². The predicted octanol–water partition coefficient (Wildman–Crippen LogP) is 2.66. The van der Waals surface area contributed by atoms with E-state index in [-0.39, 0.29) is 17.9 Å². The summed E-state index contributed by atoms with van der Waals surface area (Å²) < 4.78 is 22.9. The third-order valence-corrected chi connectivity index (χ3v) is 2.15. The molecule has 88 valence electrons. The first kappa shape index (κ1) is 11.3. The van der Waals surface area contributed by atoms with E-state index in [0.29, 0.717) is 5.56 Å². The summed E-state index contributed by atoms with van der Waals surface area (Å²) in [6.07, 6.45) is 1.26. The molecule has 0 spiro atoms. The van der Waals surface area contributed by atoms with Crippen molar-refractivity contribution in [3.05, 3.63) is 41.8 Å². The number of esters is 1. The molecule has 0 unspecified atom stereocenters. The highest BCUT2D eigenvalue weighted by Crippen LogP contribution is 2.24. The molecule has 0 saturated heterocycles. The summed E-state index contributed by atoms with van der Waals surface area (Å²) in [4.78, 5) is 11.6. The van der Waals surface area contributed by atoms with Crippen LogP contribution in [0.1, 0.15) is 17.3 Å². The third kappa shape index (κ3) is 2.33. The Morgan fingerprint density at radius 2 is 2.35 bits per heavy atom. The average Bonchev–Trinajstić information content (AvgIpc) is 2.78. The van der Waals surface area contributed by atoms with E-state index in [2.05, 4.69) is 5.16 Å². The molecular weight excluding hydrogens is 225 g/mol. The Hall–Kier alpha value is -2.17. The zero-order valence-corrected chi connectivity index (χ0v) is 9.14. The Balaban J connectivity index is 2.40. The van der Waals surface area contributed by atoms with Crippen molar-refractivity contribution in [2.24, 2.45) is 0 Å². The molecule has 2 aromatic rings. The van der Waals surface area contributed by atoms with Gasteiger partial charge in [-0.1, -0.05) is 17.3 Å². The molecule has 5 heteroatoms. The van der Waals surface area contributed by atoms with Crippen LogP contribution in [0.5, 0.6) is 0 Å². The van der Waals surface area contributed by atoms with Crippen LogP contribution in [0.15, 0.2) is 35.0 Å². The van der Waals surface area contributed by atoms with Gasteiger partial charge in [-0.15, -0.1) is 0 Å². The molecule has 0 bridgehead atoms. The van der Waals surface area contributed by atoms with Crippen molar-refractivity contribution in [1.29, 1.82) is 0 Å². The topological polar surface area (TPSA) is 52.3 Å². The SMILES string of the molecule is CCOC(=O)c1cnoc1-c1cccc(F)c1. The largest absolute Gasteiger partial charge is 0.462 e. The summed E-state index contributed by atoms with van der Waals surface area (Å²) in [5.74, 6) is -0.732. The smallest absolute Gasteiger partial charge is 0.343 e. The van der Waals surface area contributed by atoms with Crippen LogP contribution < -0.4 is 0 Å². The zero-order valence-electron chi connectivity index (χ0n) is 9.14. The lowest BCUT2D eigenvalue weighted by atomic mass is 10.1. The first-order chi connectivity index (χ1) is 8.22. The number of aromatic nitrogens is 1. The summed E-state index contributed by atoms with van der Waals surface area (Å²) in [5.41, 5.74) is 0.642. The average molecular weight is 235 g/mol. The molecule has 17 heavy (non-hydrogen) atoms. The Bertz CT molecular complexity index is 536. The minimum atomic E-state index is -0.534. The molecule has 1 aromatic heterocycles. The quantitative estimate of drug-likeness (QED) is 0.767. The fourth-order valence-corrected chi connectivity index (χ4v) is 1.43. The molecule has 0 radical (unpaired) electrons. The van der Waals surface area contributed by atoms with Gasteiger partial charge in [-0.3, -0.25) is 0 Å². The number of hydrogen-bond acceptors (Lipinski definition) is 4. The Morgan fingerprint density at radius 3 is 3.06 bits per heavy atom. The Labute approximate surface area is 97.0 Å². The molecule has 0 N–H and O–H groups in total. The monoisotopic (exact) mass is 235 g/mol. The number of hydrogen-bond donors (Lipinski definition) is 0. The second-order valence-corrected chi connectivity index (χ2v) is 3.30. The molecule has 0 aliphatic rings. The van der Waals surface area contributed by atoms with Crippen molar-refractivity contribution in [3.8, 4) is 11.3 Å². The minimum absolute atomic E-state index is 0.192. The van der Waals surface area contributed by atoms with Gasteiger partial charge in [0.2, 0.25) is 0 Å².